The van der Waals surface area contributed by atoms with Crippen molar-refractivity contribution in [3.8, 4) is 0 Å². The normalized spacial score (nSPS) is 25.1. The third kappa shape index (κ3) is 1.95. The number of hydrogen-bond donors (Lipinski definition) is 1. The first-order valence-corrected chi connectivity index (χ1v) is 6.06. The second-order valence-electron chi connectivity index (χ2n) is 4.50. The highest BCUT2D eigenvalue weighted by Crippen LogP contribution is 2.20. The molecular weight excluding hydrogens is 202 g/mol. The molecule has 1 aromatic rings. The Kier molecular flexibility index (Phi) is 2.84. The van der Waals surface area contributed by atoms with Crippen molar-refractivity contribution >= 4 is 0 Å². The first-order valence-electron chi connectivity index (χ1n) is 6.06. The van der Waals surface area contributed by atoms with Crippen LogP contribution in [0, 0.1) is 0 Å². The molecule has 4 nitrogen and oxygen atoms in total. The van der Waals surface area contributed by atoms with Crippen LogP contribution >= 0.6 is 0 Å². The molecule has 0 bridgehead atoms. The van der Waals surface area contributed by atoms with E-state index in [-0.39, 0.29) is 0 Å². The molecule has 0 spiro atoms. The molecule has 0 aromatic carbocycles. The van der Waals surface area contributed by atoms with Crippen LogP contribution in [0.25, 0.3) is 0 Å². The molecule has 1 atom stereocenters. The molecular formula is C12H17N3O. The van der Waals surface area contributed by atoms with E-state index in [4.69, 9.17) is 9.72 Å². The quantitative estimate of drug-likeness (QED) is 0.754. The van der Waals surface area contributed by atoms with Crippen LogP contribution in [-0.2, 0) is 17.6 Å². The smallest absolute Gasteiger partial charge is 0.132 e. The highest BCUT2D eigenvalue weighted by molar-refractivity contribution is 5.20. The van der Waals surface area contributed by atoms with Gasteiger partial charge in [-0.2, -0.15) is 0 Å². The van der Waals surface area contributed by atoms with Crippen LogP contribution < -0.4 is 5.32 Å². The number of rotatable bonds is 1. The zero-order chi connectivity index (χ0) is 10.8. The largest absolute Gasteiger partial charge is 0.381 e. The molecule has 1 fully saturated rings. The fourth-order valence-corrected chi connectivity index (χ4v) is 2.41. The van der Waals surface area contributed by atoms with E-state index < -0.39 is 0 Å². The Morgan fingerprint density at radius 3 is 3.12 bits per heavy atom. The third-order valence-corrected chi connectivity index (χ3v) is 3.40. The van der Waals surface area contributed by atoms with Crippen molar-refractivity contribution < 1.29 is 4.74 Å². The molecule has 1 N–H and O–H groups in total. The minimum atomic E-state index is 0.509. The lowest BCUT2D eigenvalue weighted by molar-refractivity contribution is 0.146. The summed E-state index contributed by atoms with van der Waals surface area (Å²) < 4.78 is 5.46. The van der Waals surface area contributed by atoms with E-state index in [2.05, 4.69) is 10.3 Å². The fourth-order valence-electron chi connectivity index (χ4n) is 2.41. The van der Waals surface area contributed by atoms with Crippen LogP contribution in [0.1, 0.15) is 29.4 Å². The summed E-state index contributed by atoms with van der Waals surface area (Å²) >= 11 is 0. The van der Waals surface area contributed by atoms with Gasteiger partial charge in [0.1, 0.15) is 5.82 Å². The van der Waals surface area contributed by atoms with Gasteiger partial charge >= 0.3 is 0 Å². The van der Waals surface area contributed by atoms with E-state index in [0.29, 0.717) is 5.92 Å². The van der Waals surface area contributed by atoms with Crippen molar-refractivity contribution in [2.45, 2.75) is 25.2 Å². The predicted molar refractivity (Wildman–Crippen MR) is 60.5 cm³/mol. The lowest BCUT2D eigenvalue weighted by Crippen LogP contribution is -2.12. The maximum absolute atomic E-state index is 5.46. The summed E-state index contributed by atoms with van der Waals surface area (Å²) in [6.07, 6.45) is 5.06. The van der Waals surface area contributed by atoms with Crippen molar-refractivity contribution in [2.75, 3.05) is 26.3 Å². The lowest BCUT2D eigenvalue weighted by atomic mass is 10.1. The fraction of sp³-hybridized carbons (Fsp3) is 0.667. The third-order valence-electron chi connectivity index (χ3n) is 3.40. The number of ether oxygens (including phenoxy) is 1. The Balaban J connectivity index is 1.88. The lowest BCUT2D eigenvalue weighted by Gasteiger charge is -2.10. The summed E-state index contributed by atoms with van der Waals surface area (Å²) in [4.78, 5) is 9.23. The molecule has 3 rings (SSSR count). The predicted octanol–water partition coefficient (Wildman–Crippen LogP) is 0.669. The molecule has 2 aliphatic rings. The summed E-state index contributed by atoms with van der Waals surface area (Å²) in [5.74, 6) is 1.53. The summed E-state index contributed by atoms with van der Waals surface area (Å²) in [6.45, 7) is 3.72. The molecule has 3 heterocycles. The van der Waals surface area contributed by atoms with E-state index in [1.54, 1.807) is 0 Å². The van der Waals surface area contributed by atoms with Gasteiger partial charge in [0.2, 0.25) is 0 Å². The summed E-state index contributed by atoms with van der Waals surface area (Å²) in [5, 5.41) is 3.36. The van der Waals surface area contributed by atoms with Crippen molar-refractivity contribution in [2.24, 2.45) is 0 Å². The van der Waals surface area contributed by atoms with Crippen LogP contribution in [0.15, 0.2) is 6.20 Å². The number of hydrogen-bond acceptors (Lipinski definition) is 4. The topological polar surface area (TPSA) is 47.0 Å². The average Bonchev–Trinajstić information content (AvgIpc) is 2.74. The molecule has 16 heavy (non-hydrogen) atoms. The van der Waals surface area contributed by atoms with E-state index in [9.17, 15) is 0 Å². The number of fused-ring (bicyclic) bond motifs is 1. The summed E-state index contributed by atoms with van der Waals surface area (Å²) in [7, 11) is 0. The zero-order valence-corrected chi connectivity index (χ0v) is 9.41. The van der Waals surface area contributed by atoms with Crippen molar-refractivity contribution in [1.29, 1.82) is 0 Å². The highest BCUT2D eigenvalue weighted by Gasteiger charge is 2.20. The molecule has 1 saturated heterocycles. The molecule has 4 heteroatoms. The number of aromatic nitrogens is 2. The van der Waals surface area contributed by atoms with Gasteiger partial charge in [-0.15, -0.1) is 0 Å². The minimum Gasteiger partial charge on any atom is -0.381 e. The average molecular weight is 219 g/mol. The van der Waals surface area contributed by atoms with Gasteiger partial charge in [-0.25, -0.2) is 9.97 Å². The first-order chi connectivity index (χ1) is 7.93. The Bertz CT molecular complexity index is 375. The molecule has 1 unspecified atom stereocenters. The van der Waals surface area contributed by atoms with Gasteiger partial charge in [-0.3, -0.25) is 0 Å². The summed E-state index contributed by atoms with van der Waals surface area (Å²) in [5.41, 5.74) is 2.47. The first kappa shape index (κ1) is 10.2. The Morgan fingerprint density at radius 1 is 1.31 bits per heavy atom. The second kappa shape index (κ2) is 4.47. The Hall–Kier alpha value is -1.00. The van der Waals surface area contributed by atoms with Crippen LogP contribution in [0.5, 0.6) is 0 Å². The standard InChI is InChI=1S/C12H17N3O/c1-4-13-7-10(1)12-14-8-9-2-5-16-6-3-11(9)15-12/h8,10,13H,1-7H2. The van der Waals surface area contributed by atoms with E-state index in [0.717, 1.165) is 51.4 Å². The molecule has 0 amide bonds. The van der Waals surface area contributed by atoms with E-state index >= 15 is 0 Å². The van der Waals surface area contributed by atoms with Crippen LogP contribution in [0.2, 0.25) is 0 Å². The minimum absolute atomic E-state index is 0.509. The van der Waals surface area contributed by atoms with Crippen molar-refractivity contribution in [3.63, 3.8) is 0 Å². The van der Waals surface area contributed by atoms with Gasteiger partial charge in [-0.05, 0) is 24.9 Å². The zero-order valence-electron chi connectivity index (χ0n) is 9.41. The Labute approximate surface area is 95.4 Å². The second-order valence-corrected chi connectivity index (χ2v) is 4.50. The Morgan fingerprint density at radius 2 is 2.25 bits per heavy atom. The van der Waals surface area contributed by atoms with Gasteiger partial charge in [0.15, 0.2) is 0 Å². The van der Waals surface area contributed by atoms with Gasteiger partial charge in [-0.1, -0.05) is 0 Å². The maximum atomic E-state index is 5.46. The molecule has 0 radical (unpaired) electrons. The molecule has 0 saturated carbocycles. The van der Waals surface area contributed by atoms with Crippen molar-refractivity contribution in [3.05, 3.63) is 23.3 Å². The molecule has 0 aliphatic carbocycles. The van der Waals surface area contributed by atoms with Gasteiger partial charge in [0, 0.05) is 30.8 Å². The SMILES string of the molecule is c1nc(C2CCNC2)nc2c1CCOCC2. The summed E-state index contributed by atoms with van der Waals surface area (Å²) in [6, 6.07) is 0. The van der Waals surface area contributed by atoms with Crippen LogP contribution in [-0.4, -0.2) is 36.3 Å². The number of nitrogens with zero attached hydrogens (tertiary/aromatic N) is 2. The van der Waals surface area contributed by atoms with Crippen LogP contribution in [0.4, 0.5) is 0 Å². The molecule has 86 valence electrons. The number of nitrogens with one attached hydrogen (secondary N) is 1. The van der Waals surface area contributed by atoms with Gasteiger partial charge in [0.25, 0.3) is 0 Å². The molecule has 2 aliphatic heterocycles. The highest BCUT2D eigenvalue weighted by atomic mass is 16.5. The van der Waals surface area contributed by atoms with Gasteiger partial charge < -0.3 is 10.1 Å². The maximum Gasteiger partial charge on any atom is 0.132 e. The monoisotopic (exact) mass is 219 g/mol. The van der Waals surface area contributed by atoms with Crippen LogP contribution in [0.3, 0.4) is 0 Å². The van der Waals surface area contributed by atoms with E-state index in [1.165, 1.54) is 11.3 Å². The van der Waals surface area contributed by atoms with Gasteiger partial charge in [0.05, 0.1) is 13.2 Å². The van der Waals surface area contributed by atoms with E-state index in [1.807, 2.05) is 6.20 Å². The molecule has 1 aromatic heterocycles. The van der Waals surface area contributed by atoms with Crippen molar-refractivity contribution in [1.82, 2.24) is 15.3 Å².